The second kappa shape index (κ2) is 7.96. The van der Waals surface area contributed by atoms with Crippen molar-refractivity contribution in [2.45, 2.75) is 4.90 Å². The first-order chi connectivity index (χ1) is 12.8. The molecule has 1 aromatic heterocycles. The van der Waals surface area contributed by atoms with Gasteiger partial charge in [-0.3, -0.25) is 14.5 Å². The highest BCUT2D eigenvalue weighted by molar-refractivity contribution is 7.92. The van der Waals surface area contributed by atoms with E-state index in [1.165, 1.54) is 36.5 Å². The first-order valence-electron chi connectivity index (χ1n) is 7.65. The maximum atomic E-state index is 12.7. The molecule has 6 nitrogen and oxygen atoms in total. The van der Waals surface area contributed by atoms with Crippen LogP contribution < -0.4 is 10.0 Å². The van der Waals surface area contributed by atoms with E-state index in [9.17, 15) is 13.2 Å². The number of benzene rings is 2. The minimum absolute atomic E-state index is 0.0206. The zero-order chi connectivity index (χ0) is 19.4. The normalized spacial score (nSPS) is 11.0. The van der Waals surface area contributed by atoms with E-state index in [1.807, 2.05) is 0 Å². The average Bonchev–Trinajstić information content (AvgIpc) is 2.65. The SMILES string of the molecule is O=C(Nc1ccc(Cl)c(S(=O)(=O)Nc2ccc(Cl)cc2)c1)c1ccccn1. The Hall–Kier alpha value is -2.61. The summed E-state index contributed by atoms with van der Waals surface area (Å²) in [6.07, 6.45) is 1.49. The van der Waals surface area contributed by atoms with Crippen LogP contribution in [0.2, 0.25) is 10.0 Å². The van der Waals surface area contributed by atoms with E-state index in [-0.39, 0.29) is 21.3 Å². The van der Waals surface area contributed by atoms with Gasteiger partial charge in [-0.2, -0.15) is 0 Å². The number of pyridine rings is 1. The zero-order valence-corrected chi connectivity index (χ0v) is 16.0. The van der Waals surface area contributed by atoms with Crippen LogP contribution >= 0.6 is 23.2 Å². The minimum atomic E-state index is -3.97. The van der Waals surface area contributed by atoms with Gasteiger partial charge < -0.3 is 5.32 Å². The molecule has 0 unspecified atom stereocenters. The Bertz CT molecular complexity index is 1070. The van der Waals surface area contributed by atoms with Gasteiger partial charge in [0.05, 0.1) is 5.02 Å². The van der Waals surface area contributed by atoms with Gasteiger partial charge in [0.1, 0.15) is 10.6 Å². The van der Waals surface area contributed by atoms with Gasteiger partial charge in [0.15, 0.2) is 0 Å². The van der Waals surface area contributed by atoms with E-state index in [4.69, 9.17) is 23.2 Å². The van der Waals surface area contributed by atoms with E-state index in [2.05, 4.69) is 15.0 Å². The summed E-state index contributed by atoms with van der Waals surface area (Å²) in [6, 6.07) is 15.3. The lowest BCUT2D eigenvalue weighted by molar-refractivity contribution is 0.102. The van der Waals surface area contributed by atoms with Crippen LogP contribution in [0.4, 0.5) is 11.4 Å². The quantitative estimate of drug-likeness (QED) is 0.636. The zero-order valence-electron chi connectivity index (χ0n) is 13.7. The van der Waals surface area contributed by atoms with Crippen molar-refractivity contribution in [3.05, 3.63) is 82.6 Å². The fraction of sp³-hybridized carbons (Fsp3) is 0. The third-order valence-corrected chi connectivity index (χ3v) is 5.59. The summed E-state index contributed by atoms with van der Waals surface area (Å²) in [5, 5.41) is 3.10. The first kappa shape index (κ1) is 19.2. The van der Waals surface area contributed by atoms with E-state index in [0.29, 0.717) is 10.7 Å². The third kappa shape index (κ3) is 4.77. The molecule has 0 saturated heterocycles. The van der Waals surface area contributed by atoms with Gasteiger partial charge in [0, 0.05) is 22.6 Å². The molecule has 0 bridgehead atoms. The summed E-state index contributed by atoms with van der Waals surface area (Å²) in [5.41, 5.74) is 0.807. The Balaban J connectivity index is 1.86. The molecule has 3 aromatic rings. The number of carbonyl (C=O) groups excluding carboxylic acids is 1. The summed E-state index contributed by atoms with van der Waals surface area (Å²) < 4.78 is 27.7. The van der Waals surface area contributed by atoms with Crippen molar-refractivity contribution in [3.8, 4) is 0 Å². The van der Waals surface area contributed by atoms with Gasteiger partial charge in [-0.15, -0.1) is 0 Å². The Morgan fingerprint density at radius 1 is 0.926 bits per heavy atom. The Morgan fingerprint density at radius 3 is 2.30 bits per heavy atom. The lowest BCUT2D eigenvalue weighted by Crippen LogP contribution is -2.16. The van der Waals surface area contributed by atoms with Gasteiger partial charge in [-0.1, -0.05) is 29.3 Å². The second-order valence-electron chi connectivity index (χ2n) is 5.43. The molecule has 0 spiro atoms. The van der Waals surface area contributed by atoms with Crippen LogP contribution in [-0.2, 0) is 10.0 Å². The van der Waals surface area contributed by atoms with Crippen LogP contribution in [0.3, 0.4) is 0 Å². The highest BCUT2D eigenvalue weighted by Gasteiger charge is 2.19. The maximum Gasteiger partial charge on any atom is 0.274 e. The molecule has 0 radical (unpaired) electrons. The Labute approximate surface area is 166 Å². The van der Waals surface area contributed by atoms with Gasteiger partial charge in [0.2, 0.25) is 0 Å². The van der Waals surface area contributed by atoms with Crippen molar-refractivity contribution in [3.63, 3.8) is 0 Å². The molecule has 0 aliphatic rings. The fourth-order valence-corrected chi connectivity index (χ4v) is 3.92. The van der Waals surface area contributed by atoms with E-state index in [1.54, 1.807) is 30.3 Å². The van der Waals surface area contributed by atoms with Crippen molar-refractivity contribution in [2.75, 3.05) is 10.0 Å². The number of halogens is 2. The fourth-order valence-electron chi connectivity index (χ4n) is 2.21. The molecule has 1 amide bonds. The number of rotatable bonds is 5. The summed E-state index contributed by atoms with van der Waals surface area (Å²) >= 11 is 11.9. The van der Waals surface area contributed by atoms with Crippen LogP contribution in [0, 0.1) is 0 Å². The number of nitrogens with zero attached hydrogens (tertiary/aromatic N) is 1. The van der Waals surface area contributed by atoms with E-state index < -0.39 is 15.9 Å². The molecular formula is C18H13Cl2N3O3S. The molecule has 2 aromatic carbocycles. The number of amides is 1. The largest absolute Gasteiger partial charge is 0.321 e. The molecule has 0 aliphatic carbocycles. The predicted molar refractivity (Wildman–Crippen MR) is 106 cm³/mol. The molecule has 0 fully saturated rings. The highest BCUT2D eigenvalue weighted by Crippen LogP contribution is 2.27. The number of aromatic nitrogens is 1. The lowest BCUT2D eigenvalue weighted by atomic mass is 10.3. The number of nitrogens with one attached hydrogen (secondary N) is 2. The summed E-state index contributed by atoms with van der Waals surface area (Å²) in [5.74, 6) is -0.466. The Morgan fingerprint density at radius 2 is 1.63 bits per heavy atom. The number of carbonyl (C=O) groups is 1. The smallest absolute Gasteiger partial charge is 0.274 e. The van der Waals surface area contributed by atoms with Gasteiger partial charge in [-0.05, 0) is 54.6 Å². The summed E-state index contributed by atoms with van der Waals surface area (Å²) in [6.45, 7) is 0. The Kier molecular flexibility index (Phi) is 5.65. The molecular weight excluding hydrogens is 409 g/mol. The average molecular weight is 422 g/mol. The molecule has 27 heavy (non-hydrogen) atoms. The molecule has 9 heteroatoms. The summed E-state index contributed by atoms with van der Waals surface area (Å²) in [7, 11) is -3.97. The lowest BCUT2D eigenvalue weighted by Gasteiger charge is -2.12. The van der Waals surface area contributed by atoms with Crippen LogP contribution in [0.15, 0.2) is 71.8 Å². The van der Waals surface area contributed by atoms with E-state index >= 15 is 0 Å². The van der Waals surface area contributed by atoms with Gasteiger partial charge in [0.25, 0.3) is 15.9 Å². The van der Waals surface area contributed by atoms with Crippen molar-refractivity contribution in [1.29, 1.82) is 0 Å². The second-order valence-corrected chi connectivity index (χ2v) is 7.92. The van der Waals surface area contributed by atoms with Crippen LogP contribution in [0.25, 0.3) is 0 Å². The number of sulfonamides is 1. The van der Waals surface area contributed by atoms with Gasteiger partial charge >= 0.3 is 0 Å². The van der Waals surface area contributed by atoms with Crippen molar-refractivity contribution >= 4 is 50.5 Å². The van der Waals surface area contributed by atoms with Crippen molar-refractivity contribution in [2.24, 2.45) is 0 Å². The molecule has 3 rings (SSSR count). The number of anilines is 2. The standard InChI is InChI=1S/C18H13Cl2N3O3S/c19-12-4-6-13(7-5-12)23-27(25,26)17-11-14(8-9-15(17)20)22-18(24)16-3-1-2-10-21-16/h1-11,23H,(H,22,24). The minimum Gasteiger partial charge on any atom is -0.321 e. The maximum absolute atomic E-state index is 12.7. The first-order valence-corrected chi connectivity index (χ1v) is 9.89. The molecule has 0 atom stereocenters. The molecule has 138 valence electrons. The van der Waals surface area contributed by atoms with Crippen molar-refractivity contribution in [1.82, 2.24) is 4.98 Å². The van der Waals surface area contributed by atoms with Crippen LogP contribution in [0.1, 0.15) is 10.5 Å². The predicted octanol–water partition coefficient (Wildman–Crippen LogP) is 4.44. The third-order valence-electron chi connectivity index (χ3n) is 3.47. The number of hydrogen-bond donors (Lipinski definition) is 2. The van der Waals surface area contributed by atoms with Crippen LogP contribution in [-0.4, -0.2) is 19.3 Å². The molecule has 0 aliphatic heterocycles. The van der Waals surface area contributed by atoms with Crippen molar-refractivity contribution < 1.29 is 13.2 Å². The molecule has 0 saturated carbocycles. The van der Waals surface area contributed by atoms with Crippen LogP contribution in [0.5, 0.6) is 0 Å². The number of hydrogen-bond acceptors (Lipinski definition) is 4. The molecule has 2 N–H and O–H groups in total. The topological polar surface area (TPSA) is 88.2 Å². The molecule has 1 heterocycles. The van der Waals surface area contributed by atoms with Gasteiger partial charge in [-0.25, -0.2) is 8.42 Å². The highest BCUT2D eigenvalue weighted by atomic mass is 35.5. The summed E-state index contributed by atoms with van der Waals surface area (Å²) in [4.78, 5) is 16.0. The van der Waals surface area contributed by atoms with E-state index in [0.717, 1.165) is 0 Å². The monoisotopic (exact) mass is 421 g/mol.